The standard InChI is InChI=1S/C12H8N2.C11H10O2.C10H8N2.2C5H12O2.C4H10O2.7CH4.4Eu/c1-3-9-5-6-10-4-2-8-14-12(10)11(9)13-7-1;12-11(13)10-7-3-5-8-4-1-2-6-9(8)10;1-3-7-11-9(5-1)10-6-2-4-8-12-10;2*1-5(2,3)4(6)7;1-2-3-4(5)6;;;;;;;;;;;/h1-8H;1-7,11-13H;1-8H;2*4,6-7H,1-3H3;4-6H,2-3H2,1H3;7*1H4;;;;. The van der Waals surface area contributed by atoms with E-state index in [1.54, 1.807) is 72.4 Å². The van der Waals surface area contributed by atoms with E-state index in [1.807, 2.05) is 91.9 Å². The van der Waals surface area contributed by atoms with Crippen LogP contribution >= 0.6 is 0 Å². The van der Waals surface area contributed by atoms with E-state index >= 15 is 0 Å². The molecule has 0 unspecified atom stereocenters. The van der Waals surface area contributed by atoms with Crippen LogP contribution in [0.25, 0.3) is 44.0 Å². The number of hydrogen-bond donors (Lipinski definition) is 8. The molecule has 4 aromatic heterocycles. The topological polar surface area (TPSA) is 213 Å². The first-order valence-electron chi connectivity index (χ1n) is 19.2. The van der Waals surface area contributed by atoms with Gasteiger partial charge in [-0.3, -0.25) is 19.9 Å². The zero-order valence-corrected chi connectivity index (χ0v) is 46.1. The number of benzene rings is 3. The maximum atomic E-state index is 9.08. The Bertz CT molecular complexity index is 2100. The number of pyridine rings is 4. The fourth-order valence-corrected chi connectivity index (χ4v) is 4.44. The third kappa shape index (κ3) is 37.7. The van der Waals surface area contributed by atoms with Gasteiger partial charge in [-0.05, 0) is 53.6 Å². The zero-order chi connectivity index (χ0) is 44.0. The summed E-state index contributed by atoms with van der Waals surface area (Å²) in [6, 6.07) is 36.8. The number of hydrogen-bond acceptors (Lipinski definition) is 12. The molecule has 0 atom stereocenters. The first kappa shape index (κ1) is 93.5. The van der Waals surface area contributed by atoms with Crippen molar-refractivity contribution in [3.63, 3.8) is 0 Å². The maximum Gasteiger partial charge on any atom is 0.179 e. The number of fused-ring (bicyclic) bond motifs is 4. The predicted molar refractivity (Wildman–Crippen MR) is 281 cm³/mol. The summed E-state index contributed by atoms with van der Waals surface area (Å²) in [6.07, 6.45) is 3.56. The maximum absolute atomic E-state index is 9.08. The van der Waals surface area contributed by atoms with Crippen LogP contribution in [0.3, 0.4) is 0 Å². The van der Waals surface area contributed by atoms with E-state index in [-0.39, 0.29) is 260 Å². The molecule has 4 radical (unpaired) electrons. The van der Waals surface area contributed by atoms with Crippen molar-refractivity contribution in [2.45, 2.75) is 138 Å². The van der Waals surface area contributed by atoms with E-state index in [0.717, 1.165) is 50.4 Å². The van der Waals surface area contributed by atoms with E-state index in [1.165, 1.54) is 0 Å². The summed E-state index contributed by atoms with van der Waals surface area (Å²) >= 11 is 0. The summed E-state index contributed by atoms with van der Waals surface area (Å²) < 4.78 is 0. The molecule has 4 heterocycles. The molecule has 12 nitrogen and oxygen atoms in total. The SMILES string of the molecule is C.C.C.C.C.C.C.CC(C)(C)C(O)O.CC(C)(C)C(O)O.CCCC(O)O.OC(O)c1cccc2ccccc12.[Eu].[Eu].[Eu].[Eu].c1ccc(-c2ccccn2)nc1.c1cnc2c(c1)ccc1cccnc12. The molecule has 3 aromatic carbocycles. The largest absolute Gasteiger partial charge is 0.368 e. The van der Waals surface area contributed by atoms with Crippen molar-refractivity contribution >= 4 is 32.6 Å². The second-order valence-corrected chi connectivity index (χ2v) is 15.3. The minimum absolute atomic E-state index is 0. The van der Waals surface area contributed by atoms with Gasteiger partial charge in [0.25, 0.3) is 0 Å². The van der Waals surface area contributed by atoms with Crippen molar-refractivity contribution in [3.05, 3.63) is 146 Å². The van der Waals surface area contributed by atoms with Gasteiger partial charge in [0.15, 0.2) is 25.2 Å². The molecule has 16 heteroatoms. The molecule has 0 saturated carbocycles. The minimum Gasteiger partial charge on any atom is -0.368 e. The van der Waals surface area contributed by atoms with Gasteiger partial charge in [0.2, 0.25) is 0 Å². The van der Waals surface area contributed by atoms with Crippen LogP contribution in [0.1, 0.15) is 125 Å². The van der Waals surface area contributed by atoms with E-state index < -0.39 is 25.2 Å². The molecule has 0 amide bonds. The molecule has 0 saturated heterocycles. The third-order valence-electron chi connectivity index (χ3n) is 8.13. The van der Waals surface area contributed by atoms with Crippen LogP contribution in [-0.4, -0.2) is 79.7 Å². The van der Waals surface area contributed by atoms with Crippen LogP contribution in [0.2, 0.25) is 0 Å². The quantitative estimate of drug-likeness (QED) is 0.0611. The second-order valence-electron chi connectivity index (χ2n) is 15.3. The Morgan fingerprint density at radius 1 is 0.400 bits per heavy atom. The van der Waals surface area contributed by atoms with E-state index in [0.29, 0.717) is 12.0 Å². The summed E-state index contributed by atoms with van der Waals surface area (Å²) in [5.41, 5.74) is 3.56. The Balaban J connectivity index is -0.0000000768. The van der Waals surface area contributed by atoms with Crippen LogP contribution in [0.15, 0.2) is 140 Å². The van der Waals surface area contributed by atoms with E-state index in [2.05, 4.69) is 44.2 Å². The molecular weight excluding hydrogens is 1440 g/mol. The van der Waals surface area contributed by atoms with E-state index in [9.17, 15) is 0 Å². The van der Waals surface area contributed by atoms with Gasteiger partial charge in [0.05, 0.1) is 22.4 Å². The van der Waals surface area contributed by atoms with Gasteiger partial charge in [-0.1, -0.05) is 186 Å². The van der Waals surface area contributed by atoms with E-state index in [4.69, 9.17) is 40.9 Å². The van der Waals surface area contributed by atoms with Crippen molar-refractivity contribution in [1.29, 1.82) is 0 Å². The summed E-state index contributed by atoms with van der Waals surface area (Å²) in [4.78, 5) is 17.1. The fourth-order valence-electron chi connectivity index (χ4n) is 4.44. The number of aliphatic hydroxyl groups excluding tert-OH is 4. The predicted octanol–water partition coefficient (Wildman–Crippen LogP) is 12.0. The molecule has 0 aliphatic carbocycles. The van der Waals surface area contributed by atoms with Gasteiger partial charge in [0, 0.05) is 249 Å². The Morgan fingerprint density at radius 3 is 1.03 bits per heavy atom. The Morgan fingerprint density at radius 2 is 0.729 bits per heavy atom. The molecule has 0 bridgehead atoms. The van der Waals surface area contributed by atoms with Crippen LogP contribution in [-0.2, 0) is 0 Å². The minimum atomic E-state index is -1.40. The molecule has 70 heavy (non-hydrogen) atoms. The zero-order valence-electron chi connectivity index (χ0n) is 36.4. The Labute approximate surface area is 586 Å². The molecular formula is C54H88Eu4N4O8. The second kappa shape index (κ2) is 50.9. The van der Waals surface area contributed by atoms with Gasteiger partial charge >= 0.3 is 0 Å². The van der Waals surface area contributed by atoms with Crippen LogP contribution in [0, 0.1) is 208 Å². The van der Waals surface area contributed by atoms with Crippen molar-refractivity contribution in [3.8, 4) is 11.4 Å². The fraction of sp³-hybridized carbons (Fsp3) is 0.407. The molecule has 0 spiro atoms. The summed E-state index contributed by atoms with van der Waals surface area (Å²) in [5.74, 6) is 0. The normalized spacial score (nSPS) is 9.30. The van der Waals surface area contributed by atoms with Crippen LogP contribution in [0.5, 0.6) is 0 Å². The van der Waals surface area contributed by atoms with Gasteiger partial charge in [0.1, 0.15) is 0 Å². The molecule has 0 fully saturated rings. The smallest absolute Gasteiger partial charge is 0.179 e. The third-order valence-corrected chi connectivity index (χ3v) is 8.13. The average molecular weight is 1530 g/mol. The first-order valence-corrected chi connectivity index (χ1v) is 19.2. The molecule has 400 valence electrons. The van der Waals surface area contributed by atoms with Gasteiger partial charge < -0.3 is 40.9 Å². The van der Waals surface area contributed by atoms with Crippen molar-refractivity contribution < 1.29 is 238 Å². The average Bonchev–Trinajstić information content (AvgIpc) is 3.21. The van der Waals surface area contributed by atoms with Crippen LogP contribution in [0.4, 0.5) is 0 Å². The molecule has 8 N–H and O–H groups in total. The monoisotopic (exact) mass is 1530 g/mol. The number of aromatic nitrogens is 4. The van der Waals surface area contributed by atoms with Crippen molar-refractivity contribution in [2.24, 2.45) is 10.8 Å². The summed E-state index contributed by atoms with van der Waals surface area (Å²) in [5, 5.41) is 72.3. The number of aliphatic hydroxyl groups is 8. The molecule has 0 aliphatic heterocycles. The number of rotatable bonds is 4. The van der Waals surface area contributed by atoms with Crippen LogP contribution < -0.4 is 0 Å². The number of nitrogens with zero attached hydrogens (tertiary/aromatic N) is 4. The Hall–Kier alpha value is 1.06. The first-order chi connectivity index (χ1) is 27.9. The van der Waals surface area contributed by atoms with Crippen molar-refractivity contribution in [2.75, 3.05) is 0 Å². The molecule has 7 aromatic rings. The van der Waals surface area contributed by atoms with Crippen molar-refractivity contribution in [1.82, 2.24) is 19.9 Å². The molecule has 0 aliphatic rings. The Kier molecular flexibility index (Phi) is 68.0. The summed E-state index contributed by atoms with van der Waals surface area (Å²) in [7, 11) is 0. The van der Waals surface area contributed by atoms with Gasteiger partial charge in [-0.25, -0.2) is 0 Å². The summed E-state index contributed by atoms with van der Waals surface area (Å²) in [6.45, 7) is 12.5. The van der Waals surface area contributed by atoms with Gasteiger partial charge in [-0.15, -0.1) is 0 Å². The van der Waals surface area contributed by atoms with Gasteiger partial charge in [-0.2, -0.15) is 0 Å². The molecule has 7 rings (SSSR count).